The number of hydrogen-bond acceptors (Lipinski definition) is 2. The van der Waals surface area contributed by atoms with Gasteiger partial charge in [0.2, 0.25) is 0 Å². The van der Waals surface area contributed by atoms with Crippen molar-refractivity contribution in [3.05, 3.63) is 34.3 Å². The molecule has 1 aromatic carbocycles. The first-order valence-corrected chi connectivity index (χ1v) is 3.97. The molecule has 3 heteroatoms. The summed E-state index contributed by atoms with van der Waals surface area (Å²) >= 11 is 3.33. The molecule has 0 atom stereocenters. The van der Waals surface area contributed by atoms with Crippen molar-refractivity contribution in [2.45, 2.75) is 6.61 Å². The molecule has 0 aliphatic carbocycles. The van der Waals surface area contributed by atoms with Gasteiger partial charge in [-0.3, -0.25) is 5.41 Å². The Labute approximate surface area is 73.8 Å². The predicted molar refractivity (Wildman–Crippen MR) is 47.7 cm³/mol. The average molecular weight is 214 g/mol. The number of halogens is 1. The SMILES string of the molecule is N=COCc1ccc(Br)cc1. The minimum atomic E-state index is 0.469. The first-order valence-electron chi connectivity index (χ1n) is 3.18. The van der Waals surface area contributed by atoms with Crippen LogP contribution >= 0.6 is 15.9 Å². The van der Waals surface area contributed by atoms with Gasteiger partial charge in [0.25, 0.3) is 0 Å². The molecule has 0 unspecified atom stereocenters. The van der Waals surface area contributed by atoms with Crippen molar-refractivity contribution in [1.82, 2.24) is 0 Å². The van der Waals surface area contributed by atoms with E-state index in [4.69, 9.17) is 10.1 Å². The van der Waals surface area contributed by atoms with Gasteiger partial charge in [0.15, 0.2) is 6.40 Å². The van der Waals surface area contributed by atoms with Crippen LogP contribution in [0.2, 0.25) is 0 Å². The highest BCUT2D eigenvalue weighted by molar-refractivity contribution is 9.10. The van der Waals surface area contributed by atoms with E-state index in [1.165, 1.54) is 0 Å². The summed E-state index contributed by atoms with van der Waals surface area (Å²) in [6, 6.07) is 7.80. The average Bonchev–Trinajstić information content (AvgIpc) is 2.04. The van der Waals surface area contributed by atoms with Crippen LogP contribution < -0.4 is 0 Å². The van der Waals surface area contributed by atoms with Crippen LogP contribution in [-0.4, -0.2) is 6.40 Å². The Morgan fingerprint density at radius 1 is 1.36 bits per heavy atom. The van der Waals surface area contributed by atoms with E-state index in [2.05, 4.69) is 15.9 Å². The molecule has 1 rings (SSSR count). The molecule has 0 heterocycles. The summed E-state index contributed by atoms with van der Waals surface area (Å²) in [4.78, 5) is 0. The first-order chi connectivity index (χ1) is 5.33. The minimum Gasteiger partial charge on any atom is -0.479 e. The van der Waals surface area contributed by atoms with Crippen molar-refractivity contribution in [2.24, 2.45) is 0 Å². The molecular weight excluding hydrogens is 206 g/mol. The Balaban J connectivity index is 2.58. The van der Waals surface area contributed by atoms with Gasteiger partial charge in [-0.05, 0) is 17.7 Å². The number of ether oxygens (including phenoxy) is 1. The molecule has 58 valence electrons. The maximum Gasteiger partial charge on any atom is 0.167 e. The summed E-state index contributed by atoms with van der Waals surface area (Å²) in [7, 11) is 0. The standard InChI is InChI=1S/C8H8BrNO/c9-8-3-1-7(2-4-8)5-11-6-10/h1-4,6,10H,5H2. The smallest absolute Gasteiger partial charge is 0.167 e. The lowest BCUT2D eigenvalue weighted by Gasteiger charge is -1.98. The van der Waals surface area contributed by atoms with Crippen molar-refractivity contribution in [3.63, 3.8) is 0 Å². The molecule has 0 bridgehead atoms. The summed E-state index contributed by atoms with van der Waals surface area (Å²) in [5.41, 5.74) is 1.07. The van der Waals surface area contributed by atoms with Gasteiger partial charge >= 0.3 is 0 Å². The highest BCUT2D eigenvalue weighted by Gasteiger charge is 1.90. The lowest BCUT2D eigenvalue weighted by Crippen LogP contribution is -1.88. The number of benzene rings is 1. The lowest BCUT2D eigenvalue weighted by atomic mass is 10.2. The molecule has 0 radical (unpaired) electrons. The van der Waals surface area contributed by atoms with Gasteiger partial charge in [0.05, 0.1) is 0 Å². The van der Waals surface area contributed by atoms with Crippen molar-refractivity contribution < 1.29 is 4.74 Å². The molecule has 0 saturated heterocycles. The maximum atomic E-state index is 6.64. The van der Waals surface area contributed by atoms with Crippen LogP contribution in [0.5, 0.6) is 0 Å². The van der Waals surface area contributed by atoms with Gasteiger partial charge in [-0.2, -0.15) is 0 Å². The Morgan fingerprint density at radius 2 is 2.00 bits per heavy atom. The second-order valence-electron chi connectivity index (χ2n) is 2.06. The van der Waals surface area contributed by atoms with Gasteiger partial charge in [-0.15, -0.1) is 0 Å². The van der Waals surface area contributed by atoms with Crippen LogP contribution in [0.1, 0.15) is 5.56 Å². The van der Waals surface area contributed by atoms with Crippen molar-refractivity contribution in [2.75, 3.05) is 0 Å². The lowest BCUT2D eigenvalue weighted by molar-refractivity contribution is 0.305. The molecular formula is C8H8BrNO. The molecule has 0 aliphatic heterocycles. The van der Waals surface area contributed by atoms with E-state index < -0.39 is 0 Å². The fraction of sp³-hybridized carbons (Fsp3) is 0.125. The van der Waals surface area contributed by atoms with E-state index in [0.717, 1.165) is 16.4 Å². The molecule has 0 fully saturated rings. The van der Waals surface area contributed by atoms with E-state index in [1.54, 1.807) is 0 Å². The molecule has 1 N–H and O–H groups in total. The highest BCUT2D eigenvalue weighted by atomic mass is 79.9. The second kappa shape index (κ2) is 4.13. The largest absolute Gasteiger partial charge is 0.479 e. The van der Waals surface area contributed by atoms with Crippen LogP contribution in [0, 0.1) is 5.41 Å². The molecule has 2 nitrogen and oxygen atoms in total. The molecule has 0 spiro atoms. The van der Waals surface area contributed by atoms with Crippen LogP contribution in [0.3, 0.4) is 0 Å². The van der Waals surface area contributed by atoms with Crippen LogP contribution in [0.15, 0.2) is 28.7 Å². The quantitative estimate of drug-likeness (QED) is 0.608. The highest BCUT2D eigenvalue weighted by Crippen LogP contribution is 2.10. The molecule has 0 aromatic heterocycles. The van der Waals surface area contributed by atoms with Gasteiger partial charge < -0.3 is 4.74 Å². The zero-order valence-electron chi connectivity index (χ0n) is 5.88. The van der Waals surface area contributed by atoms with E-state index in [-0.39, 0.29) is 0 Å². The van der Waals surface area contributed by atoms with Crippen molar-refractivity contribution in [3.8, 4) is 0 Å². The molecule has 0 saturated carbocycles. The Morgan fingerprint density at radius 3 is 2.55 bits per heavy atom. The summed E-state index contributed by atoms with van der Waals surface area (Å²) in [6.45, 7) is 0.469. The van der Waals surface area contributed by atoms with Crippen molar-refractivity contribution in [1.29, 1.82) is 5.41 Å². The first kappa shape index (κ1) is 8.27. The molecule has 0 aliphatic rings. The number of rotatable bonds is 3. The topological polar surface area (TPSA) is 33.1 Å². The van der Waals surface area contributed by atoms with Crippen LogP contribution in [0.4, 0.5) is 0 Å². The summed E-state index contributed by atoms with van der Waals surface area (Å²) in [5.74, 6) is 0. The van der Waals surface area contributed by atoms with Gasteiger partial charge in [0, 0.05) is 4.47 Å². The third-order valence-electron chi connectivity index (χ3n) is 1.25. The third-order valence-corrected chi connectivity index (χ3v) is 1.78. The maximum absolute atomic E-state index is 6.64. The zero-order chi connectivity index (χ0) is 8.10. The van der Waals surface area contributed by atoms with Crippen LogP contribution in [0.25, 0.3) is 0 Å². The molecule has 1 aromatic rings. The van der Waals surface area contributed by atoms with E-state index in [1.807, 2.05) is 24.3 Å². The second-order valence-corrected chi connectivity index (χ2v) is 2.97. The van der Waals surface area contributed by atoms with Crippen molar-refractivity contribution >= 4 is 22.3 Å². The fourth-order valence-corrected chi connectivity index (χ4v) is 0.983. The Hall–Kier alpha value is -0.830. The third kappa shape index (κ3) is 2.72. The fourth-order valence-electron chi connectivity index (χ4n) is 0.719. The number of nitrogens with one attached hydrogen (secondary N) is 1. The van der Waals surface area contributed by atoms with E-state index >= 15 is 0 Å². The van der Waals surface area contributed by atoms with Gasteiger partial charge in [-0.1, -0.05) is 28.1 Å². The summed E-state index contributed by atoms with van der Waals surface area (Å²) in [6.07, 6.45) is 0.946. The van der Waals surface area contributed by atoms with Gasteiger partial charge in [0.1, 0.15) is 6.61 Å². The predicted octanol–water partition coefficient (Wildman–Crippen LogP) is 2.57. The van der Waals surface area contributed by atoms with E-state index in [9.17, 15) is 0 Å². The van der Waals surface area contributed by atoms with E-state index in [0.29, 0.717) is 6.61 Å². The summed E-state index contributed by atoms with van der Waals surface area (Å²) in [5, 5.41) is 6.64. The summed E-state index contributed by atoms with van der Waals surface area (Å²) < 4.78 is 5.84. The number of hydrogen-bond donors (Lipinski definition) is 1. The molecule has 0 amide bonds. The van der Waals surface area contributed by atoms with Crippen LogP contribution in [-0.2, 0) is 11.3 Å². The Bertz CT molecular complexity index is 232. The van der Waals surface area contributed by atoms with Gasteiger partial charge in [-0.25, -0.2) is 0 Å². The molecule has 11 heavy (non-hydrogen) atoms. The Kier molecular flexibility index (Phi) is 3.11. The normalized spacial score (nSPS) is 9.18. The minimum absolute atomic E-state index is 0.469. The monoisotopic (exact) mass is 213 g/mol. The zero-order valence-corrected chi connectivity index (χ0v) is 7.47.